The average Bonchev–Trinajstić information content (AvgIpc) is 2.64. The van der Waals surface area contributed by atoms with E-state index in [-0.39, 0.29) is 17.4 Å². The number of benzene rings is 1. The van der Waals surface area contributed by atoms with Gasteiger partial charge < -0.3 is 15.5 Å². The summed E-state index contributed by atoms with van der Waals surface area (Å²) in [6, 6.07) is 5.18. The second-order valence-corrected chi connectivity index (χ2v) is 7.34. The molecule has 0 saturated carbocycles. The van der Waals surface area contributed by atoms with Crippen LogP contribution in [0.5, 0.6) is 0 Å². The van der Waals surface area contributed by atoms with Crippen molar-refractivity contribution in [3.8, 4) is 0 Å². The third-order valence-corrected chi connectivity index (χ3v) is 5.07. The van der Waals surface area contributed by atoms with Crippen molar-refractivity contribution in [1.29, 1.82) is 0 Å². The van der Waals surface area contributed by atoms with Gasteiger partial charge in [0.2, 0.25) is 5.91 Å². The molecular formula is C20H30FN3O2. The van der Waals surface area contributed by atoms with Crippen molar-refractivity contribution in [1.82, 2.24) is 15.5 Å². The minimum absolute atomic E-state index is 0.0308. The molecule has 1 heterocycles. The van der Waals surface area contributed by atoms with Crippen LogP contribution in [0.2, 0.25) is 0 Å². The van der Waals surface area contributed by atoms with Gasteiger partial charge in [-0.25, -0.2) is 4.39 Å². The molecule has 0 bridgehead atoms. The van der Waals surface area contributed by atoms with Gasteiger partial charge in [-0.1, -0.05) is 26.0 Å². The fraction of sp³-hybridized carbons (Fsp3) is 0.600. The molecule has 6 heteroatoms. The Morgan fingerprint density at radius 1 is 1.23 bits per heavy atom. The number of likely N-dealkylation sites (tertiary alicyclic amines) is 1. The van der Waals surface area contributed by atoms with Crippen LogP contribution in [-0.2, 0) is 4.79 Å². The second-order valence-electron chi connectivity index (χ2n) is 7.34. The van der Waals surface area contributed by atoms with Crippen LogP contribution in [0.25, 0.3) is 0 Å². The van der Waals surface area contributed by atoms with Gasteiger partial charge in [-0.05, 0) is 56.8 Å². The third-order valence-electron chi connectivity index (χ3n) is 5.07. The highest BCUT2D eigenvalue weighted by Gasteiger charge is 2.31. The highest BCUT2D eigenvalue weighted by molar-refractivity contribution is 5.97. The van der Waals surface area contributed by atoms with E-state index < -0.39 is 17.8 Å². The van der Waals surface area contributed by atoms with Crippen LogP contribution in [0.4, 0.5) is 4.39 Å². The van der Waals surface area contributed by atoms with E-state index in [9.17, 15) is 14.0 Å². The van der Waals surface area contributed by atoms with Gasteiger partial charge in [0.25, 0.3) is 5.91 Å². The molecule has 2 rings (SSSR count). The zero-order valence-electron chi connectivity index (χ0n) is 15.9. The van der Waals surface area contributed by atoms with Crippen molar-refractivity contribution in [3.05, 3.63) is 35.6 Å². The fourth-order valence-corrected chi connectivity index (χ4v) is 3.37. The van der Waals surface area contributed by atoms with Crippen LogP contribution in [0.15, 0.2) is 24.3 Å². The van der Waals surface area contributed by atoms with Gasteiger partial charge in [-0.3, -0.25) is 9.59 Å². The Kier molecular flexibility index (Phi) is 7.57. The van der Waals surface area contributed by atoms with Crippen LogP contribution < -0.4 is 10.6 Å². The van der Waals surface area contributed by atoms with Crippen molar-refractivity contribution in [2.24, 2.45) is 11.8 Å². The lowest BCUT2D eigenvalue weighted by atomic mass is 9.92. The van der Waals surface area contributed by atoms with Gasteiger partial charge >= 0.3 is 0 Å². The molecule has 26 heavy (non-hydrogen) atoms. The van der Waals surface area contributed by atoms with E-state index in [0.717, 1.165) is 25.8 Å². The number of carbonyl (C=O) groups is 2. The molecule has 1 saturated heterocycles. The van der Waals surface area contributed by atoms with Gasteiger partial charge in [0.1, 0.15) is 11.9 Å². The number of rotatable bonds is 7. The maximum atomic E-state index is 13.8. The first-order valence-electron chi connectivity index (χ1n) is 9.42. The molecular weight excluding hydrogens is 333 g/mol. The average molecular weight is 363 g/mol. The molecule has 1 aromatic carbocycles. The van der Waals surface area contributed by atoms with Crippen molar-refractivity contribution in [2.45, 2.75) is 39.2 Å². The lowest BCUT2D eigenvalue weighted by Gasteiger charge is -2.35. The first kappa shape index (κ1) is 20.4. The standard InChI is InChI=1S/C20H30FN3O2/c1-14(2)18(23-19(25)16-6-4-5-7-17(16)21)20(26)24-12-9-15(10-13-24)8-11-22-3/h4-7,14-15,18,22H,8-13H2,1-3H3,(H,23,25). The predicted molar refractivity (Wildman–Crippen MR) is 100 cm³/mol. The van der Waals surface area contributed by atoms with E-state index in [0.29, 0.717) is 19.0 Å². The summed E-state index contributed by atoms with van der Waals surface area (Å²) in [4.78, 5) is 27.2. The van der Waals surface area contributed by atoms with Crippen molar-refractivity contribution in [3.63, 3.8) is 0 Å². The second kappa shape index (κ2) is 9.67. The molecule has 1 atom stereocenters. The first-order valence-corrected chi connectivity index (χ1v) is 9.42. The van der Waals surface area contributed by atoms with E-state index in [1.54, 1.807) is 6.07 Å². The van der Waals surface area contributed by atoms with E-state index in [2.05, 4.69) is 10.6 Å². The fourth-order valence-electron chi connectivity index (χ4n) is 3.37. The van der Waals surface area contributed by atoms with Crippen LogP contribution in [-0.4, -0.2) is 49.4 Å². The third kappa shape index (κ3) is 5.27. The molecule has 0 radical (unpaired) electrons. The number of amides is 2. The summed E-state index contributed by atoms with van der Waals surface area (Å²) < 4.78 is 13.8. The van der Waals surface area contributed by atoms with Crippen molar-refractivity contribution >= 4 is 11.8 Å². The van der Waals surface area contributed by atoms with Crippen LogP contribution in [0.3, 0.4) is 0 Å². The molecule has 0 aliphatic carbocycles. The van der Waals surface area contributed by atoms with E-state index >= 15 is 0 Å². The summed E-state index contributed by atoms with van der Waals surface area (Å²) >= 11 is 0. The number of nitrogens with one attached hydrogen (secondary N) is 2. The molecule has 0 aromatic heterocycles. The maximum absolute atomic E-state index is 13.8. The van der Waals surface area contributed by atoms with E-state index in [1.165, 1.54) is 18.2 Å². The largest absolute Gasteiger partial charge is 0.341 e. The summed E-state index contributed by atoms with van der Waals surface area (Å²) in [5.41, 5.74) is -0.0308. The molecule has 1 aliphatic heterocycles. The van der Waals surface area contributed by atoms with Crippen LogP contribution >= 0.6 is 0 Å². The number of halogens is 1. The monoisotopic (exact) mass is 363 g/mol. The van der Waals surface area contributed by atoms with E-state index in [1.807, 2.05) is 25.8 Å². The summed E-state index contributed by atoms with van der Waals surface area (Å²) in [5, 5.41) is 5.90. The molecule has 1 aromatic rings. The summed E-state index contributed by atoms with van der Waals surface area (Å²) in [5.74, 6) is -0.627. The van der Waals surface area contributed by atoms with Gasteiger partial charge in [0, 0.05) is 13.1 Å². The van der Waals surface area contributed by atoms with Gasteiger partial charge in [-0.15, -0.1) is 0 Å². The van der Waals surface area contributed by atoms with Gasteiger partial charge in [0.15, 0.2) is 0 Å². The molecule has 144 valence electrons. The Balaban J connectivity index is 1.98. The lowest BCUT2D eigenvalue weighted by molar-refractivity contribution is -0.135. The van der Waals surface area contributed by atoms with Crippen LogP contribution in [0, 0.1) is 17.7 Å². The molecule has 5 nitrogen and oxygen atoms in total. The Hall–Kier alpha value is -1.95. The first-order chi connectivity index (χ1) is 12.4. The minimum atomic E-state index is -0.643. The Bertz CT molecular complexity index is 613. The topological polar surface area (TPSA) is 61.4 Å². The summed E-state index contributed by atoms with van der Waals surface area (Å²) in [6.07, 6.45) is 3.09. The normalized spacial score (nSPS) is 16.6. The minimum Gasteiger partial charge on any atom is -0.341 e. The number of piperidine rings is 1. The van der Waals surface area contributed by atoms with Crippen molar-refractivity contribution < 1.29 is 14.0 Å². The Morgan fingerprint density at radius 2 is 1.88 bits per heavy atom. The Morgan fingerprint density at radius 3 is 2.46 bits per heavy atom. The predicted octanol–water partition coefficient (Wildman–Crippen LogP) is 2.43. The number of carbonyl (C=O) groups excluding carboxylic acids is 2. The number of hydrogen-bond acceptors (Lipinski definition) is 3. The zero-order valence-corrected chi connectivity index (χ0v) is 15.9. The molecule has 1 aliphatic rings. The van der Waals surface area contributed by atoms with Gasteiger partial charge in [0.05, 0.1) is 5.56 Å². The number of nitrogens with zero attached hydrogens (tertiary/aromatic N) is 1. The summed E-state index contributed by atoms with van der Waals surface area (Å²) in [7, 11) is 1.95. The molecule has 2 N–H and O–H groups in total. The quantitative estimate of drug-likeness (QED) is 0.782. The highest BCUT2D eigenvalue weighted by Crippen LogP contribution is 2.21. The van der Waals surface area contributed by atoms with Gasteiger partial charge in [-0.2, -0.15) is 0 Å². The SMILES string of the molecule is CNCCC1CCN(C(=O)C(NC(=O)c2ccccc2F)C(C)C)CC1. The lowest BCUT2D eigenvalue weighted by Crippen LogP contribution is -2.53. The molecule has 2 amide bonds. The van der Waals surface area contributed by atoms with E-state index in [4.69, 9.17) is 0 Å². The highest BCUT2D eigenvalue weighted by atomic mass is 19.1. The van der Waals surface area contributed by atoms with Crippen LogP contribution in [0.1, 0.15) is 43.5 Å². The number of hydrogen-bond donors (Lipinski definition) is 2. The Labute approximate surface area is 155 Å². The van der Waals surface area contributed by atoms with Crippen molar-refractivity contribution in [2.75, 3.05) is 26.7 Å². The smallest absolute Gasteiger partial charge is 0.254 e. The zero-order chi connectivity index (χ0) is 19.1. The molecule has 0 spiro atoms. The maximum Gasteiger partial charge on any atom is 0.254 e. The molecule has 1 unspecified atom stereocenters. The molecule has 1 fully saturated rings. The summed E-state index contributed by atoms with van der Waals surface area (Å²) in [6.45, 7) is 6.21.